The number of rotatable bonds is 6. The molecule has 0 aliphatic heterocycles. The van der Waals surface area contributed by atoms with Crippen molar-refractivity contribution >= 4 is 20.1 Å². The van der Waals surface area contributed by atoms with Crippen LogP contribution in [0.3, 0.4) is 0 Å². The largest absolute Gasteiger partial charge is 0.432 e. The summed E-state index contributed by atoms with van der Waals surface area (Å²) in [5, 5.41) is 3.22. The van der Waals surface area contributed by atoms with Crippen LogP contribution < -0.4 is 11.1 Å². The molecule has 5 nitrogen and oxygen atoms in total. The highest BCUT2D eigenvalue weighted by Crippen LogP contribution is 2.11. The number of hydrogen-bond acceptors (Lipinski definition) is 5. The van der Waals surface area contributed by atoms with Crippen molar-refractivity contribution in [2.45, 2.75) is 38.9 Å². The van der Waals surface area contributed by atoms with Gasteiger partial charge in [0.1, 0.15) is 5.82 Å². The maximum atomic E-state index is 9.69. The van der Waals surface area contributed by atoms with Gasteiger partial charge in [-0.1, -0.05) is 6.42 Å². The van der Waals surface area contributed by atoms with Crippen LogP contribution in [-0.4, -0.2) is 29.6 Å². The van der Waals surface area contributed by atoms with E-state index in [2.05, 4.69) is 15.3 Å². The van der Waals surface area contributed by atoms with Crippen molar-refractivity contribution in [1.82, 2.24) is 9.97 Å². The van der Waals surface area contributed by atoms with E-state index in [0.717, 1.165) is 36.9 Å². The molecule has 17 heavy (non-hydrogen) atoms. The van der Waals surface area contributed by atoms with Crippen LogP contribution in [0.4, 0.5) is 11.8 Å². The normalized spacial score (nSPS) is 11.5. The lowest BCUT2D eigenvalue weighted by molar-refractivity contribution is 0.542. The number of unbranched alkanes of at least 4 members (excludes halogenated alkanes) is 1. The second-order valence-electron chi connectivity index (χ2n) is 4.95. The predicted octanol–water partition coefficient (Wildman–Crippen LogP) is 1.76. The molecule has 4 N–H and O–H groups in total. The molecule has 0 bridgehead atoms. The minimum absolute atomic E-state index is 0.302. The molecule has 0 amide bonds. The first-order chi connectivity index (χ1) is 7.87. The van der Waals surface area contributed by atoms with Gasteiger partial charge in [0, 0.05) is 18.3 Å². The van der Waals surface area contributed by atoms with E-state index in [1.807, 2.05) is 26.1 Å². The highest BCUT2D eigenvalue weighted by atomic mass is 28.4. The van der Waals surface area contributed by atoms with Gasteiger partial charge in [0.15, 0.2) is 8.32 Å². The molecule has 0 aliphatic rings. The molecule has 1 heterocycles. The summed E-state index contributed by atoms with van der Waals surface area (Å²) >= 11 is 0. The second-order valence-corrected chi connectivity index (χ2v) is 9.07. The lowest BCUT2D eigenvalue weighted by Gasteiger charge is -2.13. The van der Waals surface area contributed by atoms with E-state index in [1.54, 1.807) is 0 Å². The van der Waals surface area contributed by atoms with E-state index < -0.39 is 8.32 Å². The average molecular weight is 254 g/mol. The van der Waals surface area contributed by atoms with Crippen LogP contribution in [0.2, 0.25) is 19.1 Å². The topological polar surface area (TPSA) is 84.1 Å². The number of aromatic nitrogens is 2. The zero-order chi connectivity index (χ0) is 12.9. The number of nitrogens with zero attached hydrogens (tertiary/aromatic N) is 2. The molecule has 96 valence electrons. The summed E-state index contributed by atoms with van der Waals surface area (Å²) < 4.78 is 0. The maximum Gasteiger partial charge on any atom is 0.222 e. The van der Waals surface area contributed by atoms with Gasteiger partial charge in [-0.15, -0.1) is 0 Å². The molecule has 0 unspecified atom stereocenters. The van der Waals surface area contributed by atoms with E-state index in [4.69, 9.17) is 5.73 Å². The van der Waals surface area contributed by atoms with Crippen LogP contribution in [0.5, 0.6) is 0 Å². The third-order valence-corrected chi connectivity index (χ3v) is 3.97. The minimum Gasteiger partial charge on any atom is -0.432 e. The Hall–Kier alpha value is -1.14. The first-order valence-electron chi connectivity index (χ1n) is 5.94. The minimum atomic E-state index is -1.88. The fraction of sp³-hybridized carbons (Fsp3) is 0.636. The van der Waals surface area contributed by atoms with Gasteiger partial charge >= 0.3 is 0 Å². The number of nitrogens with two attached hydrogens (primary N) is 1. The fourth-order valence-corrected chi connectivity index (χ4v) is 2.70. The lowest BCUT2D eigenvalue weighted by atomic mass is 10.3. The Bertz CT molecular complexity index is 345. The molecule has 0 atom stereocenters. The molecular formula is C11H22N4OSi. The maximum absolute atomic E-state index is 9.69. The van der Waals surface area contributed by atoms with Crippen LogP contribution in [0.1, 0.15) is 18.5 Å². The van der Waals surface area contributed by atoms with E-state index in [-0.39, 0.29) is 0 Å². The Morgan fingerprint density at radius 3 is 2.65 bits per heavy atom. The van der Waals surface area contributed by atoms with Crippen LogP contribution in [0.15, 0.2) is 6.07 Å². The third kappa shape index (κ3) is 6.23. The highest BCUT2D eigenvalue weighted by Gasteiger charge is 2.15. The Morgan fingerprint density at radius 1 is 1.35 bits per heavy atom. The molecular weight excluding hydrogens is 232 g/mol. The van der Waals surface area contributed by atoms with Gasteiger partial charge in [-0.25, -0.2) is 4.98 Å². The summed E-state index contributed by atoms with van der Waals surface area (Å²) in [5.74, 6) is 1.08. The van der Waals surface area contributed by atoms with E-state index in [9.17, 15) is 4.80 Å². The molecule has 0 saturated heterocycles. The quantitative estimate of drug-likeness (QED) is 0.532. The Balaban J connectivity index is 2.27. The third-order valence-electron chi connectivity index (χ3n) is 2.39. The number of hydrogen-bond donors (Lipinski definition) is 3. The summed E-state index contributed by atoms with van der Waals surface area (Å²) in [6, 6.07) is 2.82. The smallest absolute Gasteiger partial charge is 0.222 e. The van der Waals surface area contributed by atoms with Gasteiger partial charge in [0.05, 0.1) is 0 Å². The summed E-state index contributed by atoms with van der Waals surface area (Å²) in [6.07, 6.45) is 2.07. The van der Waals surface area contributed by atoms with Crippen molar-refractivity contribution < 1.29 is 4.80 Å². The molecule has 1 aromatic rings. The second kappa shape index (κ2) is 5.97. The molecule has 0 saturated carbocycles. The Labute approximate surface area is 104 Å². The van der Waals surface area contributed by atoms with Crippen molar-refractivity contribution in [2.75, 3.05) is 17.6 Å². The molecule has 0 aliphatic carbocycles. The molecule has 0 spiro atoms. The summed E-state index contributed by atoms with van der Waals surface area (Å²) in [4.78, 5) is 17.8. The van der Waals surface area contributed by atoms with Gasteiger partial charge in [-0.05, 0) is 32.5 Å². The van der Waals surface area contributed by atoms with Crippen LogP contribution in [0.25, 0.3) is 0 Å². The Morgan fingerprint density at radius 2 is 2.06 bits per heavy atom. The highest BCUT2D eigenvalue weighted by molar-refractivity contribution is 6.69. The lowest BCUT2D eigenvalue weighted by Crippen LogP contribution is -2.24. The van der Waals surface area contributed by atoms with Gasteiger partial charge in [-0.2, -0.15) is 4.98 Å². The monoisotopic (exact) mass is 254 g/mol. The predicted molar refractivity (Wildman–Crippen MR) is 73.4 cm³/mol. The summed E-state index contributed by atoms with van der Waals surface area (Å²) in [6.45, 7) is 6.67. The summed E-state index contributed by atoms with van der Waals surface area (Å²) in [5.41, 5.74) is 6.42. The number of anilines is 2. The van der Waals surface area contributed by atoms with Gasteiger partial charge in [0.25, 0.3) is 0 Å². The van der Waals surface area contributed by atoms with E-state index in [1.165, 1.54) is 0 Å². The molecule has 0 fully saturated rings. The zero-order valence-electron chi connectivity index (χ0n) is 10.8. The Kier molecular flexibility index (Phi) is 4.89. The molecule has 6 heteroatoms. The molecule has 0 radical (unpaired) electrons. The SMILES string of the molecule is Cc1cc(NCCCC[Si](C)(C)O)nc(N)n1. The van der Waals surface area contributed by atoms with Crippen molar-refractivity contribution in [3.8, 4) is 0 Å². The number of nitrogen functional groups attached to an aromatic ring is 1. The fourth-order valence-electron chi connectivity index (χ4n) is 1.58. The van der Waals surface area contributed by atoms with Crippen molar-refractivity contribution in [2.24, 2.45) is 0 Å². The number of aryl methyl sites for hydroxylation is 1. The van der Waals surface area contributed by atoms with Gasteiger partial charge in [0.2, 0.25) is 5.95 Å². The molecule has 1 rings (SSSR count). The van der Waals surface area contributed by atoms with Crippen LogP contribution in [0, 0.1) is 6.92 Å². The standard InChI is InChI=1S/C11H22N4OSi/c1-9-8-10(15-11(12)14-9)13-6-4-5-7-17(2,3)16/h8,16H,4-7H2,1-3H3,(H3,12,13,14,15). The first kappa shape index (κ1) is 13.9. The van der Waals surface area contributed by atoms with E-state index in [0.29, 0.717) is 5.95 Å². The van der Waals surface area contributed by atoms with Crippen molar-refractivity contribution in [3.05, 3.63) is 11.8 Å². The number of nitrogens with one attached hydrogen (secondary N) is 1. The first-order valence-corrected chi connectivity index (χ1v) is 9.10. The molecule has 0 aromatic carbocycles. The van der Waals surface area contributed by atoms with Crippen molar-refractivity contribution in [3.63, 3.8) is 0 Å². The van der Waals surface area contributed by atoms with E-state index >= 15 is 0 Å². The molecule has 1 aromatic heterocycles. The van der Waals surface area contributed by atoms with Gasteiger partial charge in [-0.3, -0.25) is 0 Å². The van der Waals surface area contributed by atoms with Crippen molar-refractivity contribution in [1.29, 1.82) is 0 Å². The zero-order valence-corrected chi connectivity index (χ0v) is 11.8. The van der Waals surface area contributed by atoms with Gasteiger partial charge < -0.3 is 15.8 Å². The summed E-state index contributed by atoms with van der Waals surface area (Å²) in [7, 11) is -1.88. The average Bonchev–Trinajstić information content (AvgIpc) is 2.13. The van der Waals surface area contributed by atoms with Crippen LogP contribution in [-0.2, 0) is 0 Å². The van der Waals surface area contributed by atoms with Crippen LogP contribution >= 0.6 is 0 Å².